The van der Waals surface area contributed by atoms with Gasteiger partial charge in [0.1, 0.15) is 5.75 Å². The van der Waals surface area contributed by atoms with Crippen LogP contribution in [0.15, 0.2) is 22.7 Å². The van der Waals surface area contributed by atoms with E-state index in [9.17, 15) is 0 Å². The lowest BCUT2D eigenvalue weighted by atomic mass is 10.1. The first-order valence-electron chi connectivity index (χ1n) is 9.13. The zero-order valence-electron chi connectivity index (χ0n) is 14.7. The zero-order chi connectivity index (χ0) is 16.8. The van der Waals surface area contributed by atoms with Crippen molar-refractivity contribution in [3.05, 3.63) is 28.2 Å². The van der Waals surface area contributed by atoms with Crippen LogP contribution in [0.3, 0.4) is 0 Å². The fourth-order valence-electron chi connectivity index (χ4n) is 3.71. The third-order valence-electron chi connectivity index (χ3n) is 5.11. The smallest absolute Gasteiger partial charge is 0.124 e. The summed E-state index contributed by atoms with van der Waals surface area (Å²) in [6, 6.07) is 6.09. The summed E-state index contributed by atoms with van der Waals surface area (Å²) in [4.78, 5) is 5.17. The fourth-order valence-corrected chi connectivity index (χ4v) is 4.12. The molecule has 0 aromatic heterocycles. The minimum absolute atomic E-state index is 0.334. The second-order valence-corrected chi connectivity index (χ2v) is 7.80. The Bertz CT molecular complexity index is 520. The van der Waals surface area contributed by atoms with Gasteiger partial charge in [0.25, 0.3) is 0 Å². The maximum atomic E-state index is 6.21. The van der Waals surface area contributed by atoms with Crippen molar-refractivity contribution >= 4 is 15.9 Å². The molecule has 2 aliphatic heterocycles. The van der Waals surface area contributed by atoms with E-state index in [1.54, 1.807) is 7.11 Å². The summed E-state index contributed by atoms with van der Waals surface area (Å²) in [5, 5.41) is 0. The molecular weight excluding hydrogens is 368 g/mol. The molecule has 1 unspecified atom stereocenters. The van der Waals surface area contributed by atoms with Crippen LogP contribution in [-0.2, 0) is 11.3 Å². The summed E-state index contributed by atoms with van der Waals surface area (Å²) in [5.41, 5.74) is 1.11. The maximum Gasteiger partial charge on any atom is 0.124 e. The van der Waals surface area contributed by atoms with E-state index in [1.807, 2.05) is 12.1 Å². The van der Waals surface area contributed by atoms with Gasteiger partial charge in [-0.2, -0.15) is 0 Å². The second kappa shape index (κ2) is 9.18. The van der Waals surface area contributed by atoms with Crippen molar-refractivity contribution in [3.8, 4) is 5.75 Å². The normalized spacial score (nSPS) is 22.8. The Balaban J connectivity index is 1.45. The van der Waals surface area contributed by atoms with Crippen LogP contribution in [0.2, 0.25) is 0 Å². The fraction of sp³-hybridized carbons (Fsp3) is 0.684. The third-order valence-corrected chi connectivity index (χ3v) is 5.60. The third kappa shape index (κ3) is 5.19. The van der Waals surface area contributed by atoms with Crippen LogP contribution in [-0.4, -0.2) is 62.3 Å². The van der Waals surface area contributed by atoms with Gasteiger partial charge in [-0.05, 0) is 63.5 Å². The van der Waals surface area contributed by atoms with Crippen LogP contribution in [0.1, 0.15) is 31.2 Å². The maximum absolute atomic E-state index is 6.21. The van der Waals surface area contributed by atoms with Crippen LogP contribution in [0.25, 0.3) is 0 Å². The molecule has 2 fully saturated rings. The van der Waals surface area contributed by atoms with Crippen LogP contribution >= 0.6 is 15.9 Å². The minimum atomic E-state index is 0.334. The van der Waals surface area contributed by atoms with Crippen molar-refractivity contribution in [2.75, 3.05) is 46.4 Å². The first kappa shape index (κ1) is 18.2. The molecule has 2 aliphatic rings. The number of likely N-dealkylation sites (tertiary alicyclic amines) is 2. The van der Waals surface area contributed by atoms with Gasteiger partial charge in [0.2, 0.25) is 0 Å². The number of ether oxygens (including phenoxy) is 2. The van der Waals surface area contributed by atoms with Gasteiger partial charge in [-0.3, -0.25) is 4.90 Å². The Morgan fingerprint density at radius 3 is 2.62 bits per heavy atom. The molecule has 1 aromatic carbocycles. The topological polar surface area (TPSA) is 24.9 Å². The molecule has 2 heterocycles. The van der Waals surface area contributed by atoms with E-state index < -0.39 is 0 Å². The second-order valence-electron chi connectivity index (χ2n) is 6.88. The van der Waals surface area contributed by atoms with Crippen molar-refractivity contribution in [1.82, 2.24) is 9.80 Å². The zero-order valence-corrected chi connectivity index (χ0v) is 16.3. The number of benzene rings is 1. The van der Waals surface area contributed by atoms with Crippen LogP contribution in [0.5, 0.6) is 5.75 Å². The number of methoxy groups -OCH3 is 1. The summed E-state index contributed by atoms with van der Waals surface area (Å²) in [5.74, 6) is 0.903. The Hall–Kier alpha value is -0.620. The van der Waals surface area contributed by atoms with Crippen LogP contribution in [0, 0.1) is 0 Å². The van der Waals surface area contributed by atoms with Gasteiger partial charge in [0.05, 0.1) is 19.8 Å². The highest BCUT2D eigenvalue weighted by molar-refractivity contribution is 9.10. The Labute approximate surface area is 154 Å². The lowest BCUT2D eigenvalue weighted by Crippen LogP contribution is -2.43. The Morgan fingerprint density at radius 2 is 1.83 bits per heavy atom. The largest absolute Gasteiger partial charge is 0.496 e. The van der Waals surface area contributed by atoms with Crippen molar-refractivity contribution in [2.24, 2.45) is 0 Å². The molecule has 5 heteroatoms. The van der Waals surface area contributed by atoms with E-state index in [0.29, 0.717) is 12.7 Å². The molecule has 0 saturated carbocycles. The molecule has 0 spiro atoms. The summed E-state index contributed by atoms with van der Waals surface area (Å²) in [7, 11) is 1.72. The van der Waals surface area contributed by atoms with Gasteiger partial charge in [-0.1, -0.05) is 15.9 Å². The first-order chi connectivity index (χ1) is 11.7. The molecule has 1 aromatic rings. The van der Waals surface area contributed by atoms with Gasteiger partial charge in [0.15, 0.2) is 0 Å². The molecule has 3 rings (SSSR count). The van der Waals surface area contributed by atoms with E-state index in [4.69, 9.17) is 9.47 Å². The summed E-state index contributed by atoms with van der Waals surface area (Å²) in [6.45, 7) is 7.87. The number of piperidine rings is 1. The predicted molar refractivity (Wildman–Crippen MR) is 101 cm³/mol. The average Bonchev–Trinajstić information content (AvgIpc) is 3.12. The summed E-state index contributed by atoms with van der Waals surface area (Å²) < 4.78 is 12.7. The van der Waals surface area contributed by atoms with Crippen molar-refractivity contribution in [2.45, 2.75) is 38.4 Å². The van der Waals surface area contributed by atoms with Crippen molar-refractivity contribution in [3.63, 3.8) is 0 Å². The Morgan fingerprint density at radius 1 is 1.08 bits per heavy atom. The van der Waals surface area contributed by atoms with Gasteiger partial charge in [0, 0.05) is 29.7 Å². The standard InChI is InChI=1S/C19H29BrN2O2/c1-23-19-7-6-17(20)13-16(19)15-24-18-5-4-10-22(14-18)12-11-21-8-2-3-9-21/h6-7,13,18H,2-5,8-12,14-15H2,1H3. The number of hydrogen-bond donors (Lipinski definition) is 0. The van der Waals surface area contributed by atoms with Gasteiger partial charge >= 0.3 is 0 Å². The van der Waals surface area contributed by atoms with Gasteiger partial charge in [-0.15, -0.1) is 0 Å². The first-order valence-corrected chi connectivity index (χ1v) is 9.92. The highest BCUT2D eigenvalue weighted by Crippen LogP contribution is 2.25. The molecule has 24 heavy (non-hydrogen) atoms. The molecule has 2 saturated heterocycles. The summed E-state index contributed by atoms with van der Waals surface area (Å²) >= 11 is 3.53. The number of hydrogen-bond acceptors (Lipinski definition) is 4. The van der Waals surface area contributed by atoms with E-state index in [2.05, 4.69) is 31.8 Å². The van der Waals surface area contributed by atoms with Gasteiger partial charge < -0.3 is 14.4 Å². The van der Waals surface area contributed by atoms with Crippen molar-refractivity contribution < 1.29 is 9.47 Å². The highest BCUT2D eigenvalue weighted by Gasteiger charge is 2.22. The van der Waals surface area contributed by atoms with E-state index in [1.165, 1.54) is 52.0 Å². The van der Waals surface area contributed by atoms with Crippen LogP contribution < -0.4 is 4.74 Å². The molecule has 0 radical (unpaired) electrons. The molecule has 0 amide bonds. The summed E-state index contributed by atoms with van der Waals surface area (Å²) in [6.07, 6.45) is 5.48. The number of nitrogens with zero attached hydrogens (tertiary/aromatic N) is 2. The van der Waals surface area contributed by atoms with Crippen molar-refractivity contribution in [1.29, 1.82) is 0 Å². The lowest BCUT2D eigenvalue weighted by Gasteiger charge is -2.33. The van der Waals surface area contributed by atoms with E-state index >= 15 is 0 Å². The molecule has 0 aliphatic carbocycles. The number of halogens is 1. The predicted octanol–water partition coefficient (Wildman–Crippen LogP) is 3.53. The lowest BCUT2D eigenvalue weighted by molar-refractivity contribution is -0.0119. The molecule has 134 valence electrons. The van der Waals surface area contributed by atoms with E-state index in [-0.39, 0.29) is 0 Å². The van der Waals surface area contributed by atoms with Gasteiger partial charge in [-0.25, -0.2) is 0 Å². The molecule has 0 N–H and O–H groups in total. The molecule has 0 bridgehead atoms. The average molecular weight is 397 g/mol. The Kier molecular flexibility index (Phi) is 6.95. The number of rotatable bonds is 7. The quantitative estimate of drug-likeness (QED) is 0.703. The monoisotopic (exact) mass is 396 g/mol. The molecule has 4 nitrogen and oxygen atoms in total. The molecule has 1 atom stereocenters. The van der Waals surface area contributed by atoms with Crippen LogP contribution in [0.4, 0.5) is 0 Å². The SMILES string of the molecule is COc1ccc(Br)cc1COC1CCCN(CCN2CCCC2)C1. The minimum Gasteiger partial charge on any atom is -0.496 e. The highest BCUT2D eigenvalue weighted by atomic mass is 79.9. The van der Waals surface area contributed by atoms with E-state index in [0.717, 1.165) is 28.8 Å². The molecular formula is C19H29BrN2O2.